The Morgan fingerprint density at radius 3 is 2.43 bits per heavy atom. The van der Waals surface area contributed by atoms with Crippen LogP contribution in [0.15, 0.2) is 22.8 Å². The number of amides is 1. The molecular weight excluding hydrogens is 407 g/mol. The number of ether oxygens (including phenoxy) is 1. The number of alkyl halides is 3. The number of likely N-dealkylation sites (tertiary alicyclic amines) is 2. The van der Waals surface area contributed by atoms with E-state index in [9.17, 15) is 18.0 Å². The van der Waals surface area contributed by atoms with Crippen LogP contribution in [-0.4, -0.2) is 102 Å². The number of hydrogen-bond acceptors (Lipinski definition) is 6. The van der Waals surface area contributed by atoms with E-state index in [1.807, 2.05) is 4.90 Å². The Bertz CT molecular complexity index is 707. The number of carbonyl (C=O) groups excluding carboxylic acids is 1. The summed E-state index contributed by atoms with van der Waals surface area (Å²) in [5.74, 6) is -2.35. The number of furan rings is 1. The third-order valence-corrected chi connectivity index (χ3v) is 5.58. The van der Waals surface area contributed by atoms with E-state index in [4.69, 9.17) is 19.1 Å². The first kappa shape index (κ1) is 22.6. The van der Waals surface area contributed by atoms with Gasteiger partial charge in [-0.15, -0.1) is 0 Å². The van der Waals surface area contributed by atoms with Crippen molar-refractivity contribution < 1.29 is 37.0 Å². The van der Waals surface area contributed by atoms with E-state index in [-0.39, 0.29) is 12.0 Å². The molecule has 1 aromatic heterocycles. The maximum Gasteiger partial charge on any atom is 0.490 e. The van der Waals surface area contributed by atoms with Crippen LogP contribution in [0.4, 0.5) is 13.2 Å². The van der Waals surface area contributed by atoms with Gasteiger partial charge in [-0.1, -0.05) is 0 Å². The summed E-state index contributed by atoms with van der Waals surface area (Å²) in [6.07, 6.45) is -0.725. The predicted molar refractivity (Wildman–Crippen MR) is 99.1 cm³/mol. The molecule has 3 aliphatic heterocycles. The normalized spacial score (nSPS) is 25.0. The van der Waals surface area contributed by atoms with Crippen LogP contribution >= 0.6 is 0 Å². The van der Waals surface area contributed by atoms with Crippen molar-refractivity contribution in [2.45, 2.75) is 31.2 Å². The Kier molecular flexibility index (Phi) is 7.37. The number of carboxylic acids is 1. The van der Waals surface area contributed by atoms with Crippen molar-refractivity contribution in [1.82, 2.24) is 14.7 Å². The molecule has 0 bridgehead atoms. The molecule has 0 aliphatic carbocycles. The maximum atomic E-state index is 12.5. The molecule has 8 nitrogen and oxygen atoms in total. The molecule has 0 radical (unpaired) electrons. The molecule has 30 heavy (non-hydrogen) atoms. The second-order valence-electron chi connectivity index (χ2n) is 7.55. The van der Waals surface area contributed by atoms with E-state index in [2.05, 4.69) is 9.80 Å². The molecule has 2 atom stereocenters. The number of aliphatic carboxylic acids is 1. The second-order valence-corrected chi connectivity index (χ2v) is 7.55. The molecule has 0 unspecified atom stereocenters. The van der Waals surface area contributed by atoms with E-state index >= 15 is 0 Å². The van der Waals surface area contributed by atoms with E-state index in [0.717, 1.165) is 32.8 Å². The first-order valence-corrected chi connectivity index (χ1v) is 9.96. The molecule has 3 fully saturated rings. The van der Waals surface area contributed by atoms with Crippen LogP contribution in [0.25, 0.3) is 0 Å². The molecule has 4 heterocycles. The Morgan fingerprint density at radius 2 is 1.83 bits per heavy atom. The van der Waals surface area contributed by atoms with Gasteiger partial charge in [0.15, 0.2) is 5.76 Å². The minimum atomic E-state index is -5.08. The maximum absolute atomic E-state index is 12.5. The molecule has 168 valence electrons. The molecular formula is C19H26F3N3O5. The lowest BCUT2D eigenvalue weighted by atomic mass is 10.1. The summed E-state index contributed by atoms with van der Waals surface area (Å²) < 4.78 is 42.9. The average Bonchev–Trinajstić information content (AvgIpc) is 3.47. The van der Waals surface area contributed by atoms with Gasteiger partial charge in [0.1, 0.15) is 0 Å². The minimum absolute atomic E-state index is 0.0208. The fraction of sp³-hybridized carbons (Fsp3) is 0.684. The predicted octanol–water partition coefficient (Wildman–Crippen LogP) is 1.53. The third-order valence-electron chi connectivity index (χ3n) is 5.58. The van der Waals surface area contributed by atoms with E-state index in [0.29, 0.717) is 18.3 Å². The van der Waals surface area contributed by atoms with E-state index in [1.54, 1.807) is 18.4 Å². The molecule has 1 aromatic rings. The van der Waals surface area contributed by atoms with Crippen molar-refractivity contribution in [3.05, 3.63) is 24.2 Å². The summed E-state index contributed by atoms with van der Waals surface area (Å²) in [7, 11) is 0. The summed E-state index contributed by atoms with van der Waals surface area (Å²) in [6.45, 7) is 7.84. The fourth-order valence-corrected chi connectivity index (χ4v) is 4.03. The number of morpholine rings is 1. The second kappa shape index (κ2) is 9.80. The van der Waals surface area contributed by atoms with Gasteiger partial charge in [-0.05, 0) is 38.1 Å². The van der Waals surface area contributed by atoms with Crippen LogP contribution in [0.2, 0.25) is 0 Å². The minimum Gasteiger partial charge on any atom is -0.475 e. The molecule has 0 saturated carbocycles. The molecule has 1 amide bonds. The van der Waals surface area contributed by atoms with Crippen molar-refractivity contribution in [3.63, 3.8) is 0 Å². The van der Waals surface area contributed by atoms with Gasteiger partial charge in [0.25, 0.3) is 5.91 Å². The van der Waals surface area contributed by atoms with Gasteiger partial charge < -0.3 is 24.1 Å². The third kappa shape index (κ3) is 5.73. The number of rotatable bonds is 4. The first-order chi connectivity index (χ1) is 14.3. The number of fused-ring (bicyclic) bond motifs is 1. The lowest BCUT2D eigenvalue weighted by molar-refractivity contribution is -0.192. The highest BCUT2D eigenvalue weighted by molar-refractivity contribution is 5.91. The van der Waals surface area contributed by atoms with Gasteiger partial charge in [0, 0.05) is 32.7 Å². The van der Waals surface area contributed by atoms with E-state index < -0.39 is 12.1 Å². The van der Waals surface area contributed by atoms with Crippen molar-refractivity contribution >= 4 is 11.9 Å². The van der Waals surface area contributed by atoms with Gasteiger partial charge in [-0.3, -0.25) is 9.69 Å². The molecule has 4 rings (SSSR count). The SMILES string of the molecule is O=C(O)C(F)(F)F.O=C(c1ccco1)N1C[C@@H]2OCCN(CCN3CCCC3)[C@@H]2C1. The Hall–Kier alpha value is -2.11. The number of nitrogens with zero attached hydrogens (tertiary/aromatic N) is 3. The van der Waals surface area contributed by atoms with E-state index in [1.165, 1.54) is 25.9 Å². The van der Waals surface area contributed by atoms with Gasteiger partial charge in [0.05, 0.1) is 25.0 Å². The van der Waals surface area contributed by atoms with Crippen LogP contribution in [0, 0.1) is 0 Å². The van der Waals surface area contributed by atoms with Crippen molar-refractivity contribution in [2.75, 3.05) is 52.4 Å². The Labute approximate surface area is 172 Å². The Morgan fingerprint density at radius 1 is 1.13 bits per heavy atom. The molecule has 0 spiro atoms. The zero-order valence-electron chi connectivity index (χ0n) is 16.5. The number of carbonyl (C=O) groups is 2. The average molecular weight is 433 g/mol. The van der Waals surface area contributed by atoms with Crippen molar-refractivity contribution in [3.8, 4) is 0 Å². The smallest absolute Gasteiger partial charge is 0.475 e. The summed E-state index contributed by atoms with van der Waals surface area (Å²) in [6, 6.07) is 3.82. The Balaban J connectivity index is 0.000000318. The lowest BCUT2D eigenvalue weighted by Crippen LogP contribution is -2.52. The van der Waals surface area contributed by atoms with Gasteiger partial charge >= 0.3 is 12.1 Å². The topological polar surface area (TPSA) is 86.5 Å². The summed E-state index contributed by atoms with van der Waals surface area (Å²) in [5.41, 5.74) is 0. The zero-order chi connectivity index (χ0) is 21.7. The standard InChI is InChI=1S/C17H25N3O3.C2HF3O2/c21-17(15-4-3-10-22-15)20-12-14-16(13-20)23-11-9-19(14)8-7-18-5-1-2-6-18;3-2(4,5)1(6)7/h3-4,10,14,16H,1-2,5-9,11-13H2;(H,6,7)/t14-,16+;/m1./s1. The van der Waals surface area contributed by atoms with Crippen LogP contribution in [0.5, 0.6) is 0 Å². The summed E-state index contributed by atoms with van der Waals surface area (Å²) in [5, 5.41) is 7.12. The zero-order valence-corrected chi connectivity index (χ0v) is 16.5. The fourth-order valence-electron chi connectivity index (χ4n) is 4.03. The molecule has 0 aromatic carbocycles. The highest BCUT2D eigenvalue weighted by Crippen LogP contribution is 2.24. The lowest BCUT2D eigenvalue weighted by Gasteiger charge is -2.37. The van der Waals surface area contributed by atoms with Gasteiger partial charge in [0.2, 0.25) is 0 Å². The molecule has 1 N–H and O–H groups in total. The molecule has 3 saturated heterocycles. The highest BCUT2D eigenvalue weighted by Gasteiger charge is 2.42. The number of carboxylic acid groups (broad SMARTS) is 1. The largest absolute Gasteiger partial charge is 0.490 e. The van der Waals surface area contributed by atoms with Crippen LogP contribution in [0.1, 0.15) is 23.4 Å². The molecule has 3 aliphatic rings. The highest BCUT2D eigenvalue weighted by atomic mass is 19.4. The van der Waals surface area contributed by atoms with Crippen LogP contribution < -0.4 is 0 Å². The van der Waals surface area contributed by atoms with Gasteiger partial charge in [-0.25, -0.2) is 4.79 Å². The first-order valence-electron chi connectivity index (χ1n) is 9.96. The number of halogens is 3. The van der Waals surface area contributed by atoms with Crippen LogP contribution in [0.3, 0.4) is 0 Å². The quantitative estimate of drug-likeness (QED) is 0.771. The monoisotopic (exact) mass is 433 g/mol. The summed E-state index contributed by atoms with van der Waals surface area (Å²) in [4.78, 5) is 28.3. The molecule has 11 heteroatoms. The summed E-state index contributed by atoms with van der Waals surface area (Å²) >= 11 is 0. The van der Waals surface area contributed by atoms with Crippen molar-refractivity contribution in [1.29, 1.82) is 0 Å². The van der Waals surface area contributed by atoms with Crippen LogP contribution in [-0.2, 0) is 9.53 Å². The van der Waals surface area contributed by atoms with Crippen molar-refractivity contribution in [2.24, 2.45) is 0 Å². The van der Waals surface area contributed by atoms with Gasteiger partial charge in [-0.2, -0.15) is 13.2 Å². The number of hydrogen-bond donors (Lipinski definition) is 1.